The van der Waals surface area contributed by atoms with Crippen molar-refractivity contribution in [1.29, 1.82) is 0 Å². The number of ether oxygens (including phenoxy) is 1. The standard InChI is InChI=1S/C8H8F6O3/c1-2-5(16)17-4-7(11,12)8(13,14)6(9,10)3-15/h2,15H,1,3-4H2. The van der Waals surface area contributed by atoms with Gasteiger partial charge in [0.25, 0.3) is 0 Å². The third-order valence-electron chi connectivity index (χ3n) is 1.68. The van der Waals surface area contributed by atoms with Crippen molar-refractivity contribution in [1.82, 2.24) is 0 Å². The molecule has 0 aliphatic carbocycles. The largest absolute Gasteiger partial charge is 0.456 e. The highest BCUT2D eigenvalue weighted by atomic mass is 19.3. The Morgan fingerprint density at radius 3 is 2.00 bits per heavy atom. The van der Waals surface area contributed by atoms with Gasteiger partial charge in [0, 0.05) is 6.08 Å². The lowest BCUT2D eigenvalue weighted by Crippen LogP contribution is -2.57. The molecular weight excluding hydrogens is 258 g/mol. The van der Waals surface area contributed by atoms with Crippen LogP contribution in [0.3, 0.4) is 0 Å². The molecule has 0 saturated heterocycles. The Morgan fingerprint density at radius 2 is 1.65 bits per heavy atom. The van der Waals surface area contributed by atoms with E-state index in [0.29, 0.717) is 6.08 Å². The molecule has 9 heteroatoms. The summed E-state index contributed by atoms with van der Waals surface area (Å²) in [6.07, 6.45) is 0.401. The lowest BCUT2D eigenvalue weighted by atomic mass is 10.1. The predicted octanol–water partition coefficient (Wildman–Crippen LogP) is 1.61. The first-order valence-electron chi connectivity index (χ1n) is 4.05. The normalized spacial score (nSPS) is 13.4. The zero-order valence-electron chi connectivity index (χ0n) is 8.23. The van der Waals surface area contributed by atoms with Gasteiger partial charge in [-0.05, 0) is 0 Å². The molecule has 0 amide bonds. The van der Waals surface area contributed by atoms with Crippen LogP contribution in [-0.4, -0.2) is 42.1 Å². The number of halogens is 6. The van der Waals surface area contributed by atoms with Crippen LogP contribution in [0, 0.1) is 0 Å². The number of alkyl halides is 6. The number of hydrogen-bond acceptors (Lipinski definition) is 3. The van der Waals surface area contributed by atoms with Gasteiger partial charge in [-0.15, -0.1) is 0 Å². The third-order valence-corrected chi connectivity index (χ3v) is 1.68. The summed E-state index contributed by atoms with van der Waals surface area (Å²) in [6, 6.07) is 0. The molecule has 1 N–H and O–H groups in total. The number of hydrogen-bond donors (Lipinski definition) is 1. The van der Waals surface area contributed by atoms with Crippen LogP contribution in [0.4, 0.5) is 26.3 Å². The first kappa shape index (κ1) is 15.8. The van der Waals surface area contributed by atoms with Crippen LogP contribution < -0.4 is 0 Å². The summed E-state index contributed by atoms with van der Waals surface area (Å²) in [5.41, 5.74) is 0. The molecule has 0 unspecified atom stereocenters. The van der Waals surface area contributed by atoms with Gasteiger partial charge in [0.1, 0.15) is 6.61 Å². The van der Waals surface area contributed by atoms with Gasteiger partial charge in [-0.25, -0.2) is 4.79 Å². The van der Waals surface area contributed by atoms with Gasteiger partial charge in [-0.2, -0.15) is 26.3 Å². The molecule has 17 heavy (non-hydrogen) atoms. The van der Waals surface area contributed by atoms with Crippen molar-refractivity contribution >= 4 is 5.97 Å². The van der Waals surface area contributed by atoms with Gasteiger partial charge >= 0.3 is 23.7 Å². The Balaban J connectivity index is 4.90. The fourth-order valence-corrected chi connectivity index (χ4v) is 0.678. The molecule has 0 spiro atoms. The minimum absolute atomic E-state index is 0.401. The van der Waals surface area contributed by atoms with E-state index in [1.807, 2.05) is 0 Å². The van der Waals surface area contributed by atoms with Crippen molar-refractivity contribution in [2.45, 2.75) is 17.8 Å². The summed E-state index contributed by atoms with van der Waals surface area (Å²) in [7, 11) is 0. The van der Waals surface area contributed by atoms with Gasteiger partial charge in [-0.3, -0.25) is 0 Å². The van der Waals surface area contributed by atoms with Gasteiger partial charge in [0.05, 0.1) is 0 Å². The van der Waals surface area contributed by atoms with Gasteiger partial charge in [0.2, 0.25) is 0 Å². The summed E-state index contributed by atoms with van der Waals surface area (Å²) in [5.74, 6) is -18.0. The van der Waals surface area contributed by atoms with E-state index in [-0.39, 0.29) is 0 Å². The first-order chi connectivity index (χ1) is 7.52. The molecule has 0 aromatic heterocycles. The van der Waals surface area contributed by atoms with E-state index in [2.05, 4.69) is 11.3 Å². The van der Waals surface area contributed by atoms with E-state index in [1.54, 1.807) is 0 Å². The van der Waals surface area contributed by atoms with Crippen molar-refractivity contribution in [3.05, 3.63) is 12.7 Å². The summed E-state index contributed by atoms with van der Waals surface area (Å²) < 4.78 is 79.1. The second-order valence-electron chi connectivity index (χ2n) is 2.95. The molecule has 0 aromatic carbocycles. The number of rotatable bonds is 6. The van der Waals surface area contributed by atoms with Crippen LogP contribution in [0.5, 0.6) is 0 Å². The minimum atomic E-state index is -5.85. The maximum Gasteiger partial charge on any atom is 0.377 e. The third kappa shape index (κ3) is 3.11. The zero-order valence-corrected chi connectivity index (χ0v) is 8.23. The van der Waals surface area contributed by atoms with Gasteiger partial charge in [0.15, 0.2) is 6.61 Å². The van der Waals surface area contributed by atoms with Crippen molar-refractivity contribution in [2.24, 2.45) is 0 Å². The summed E-state index contributed by atoms with van der Waals surface area (Å²) in [6.45, 7) is -1.92. The number of aliphatic hydroxyl groups is 1. The van der Waals surface area contributed by atoms with Crippen LogP contribution in [0.1, 0.15) is 0 Å². The number of carbonyl (C=O) groups is 1. The topological polar surface area (TPSA) is 46.5 Å². The molecule has 0 bridgehead atoms. The van der Waals surface area contributed by atoms with E-state index in [1.165, 1.54) is 0 Å². The van der Waals surface area contributed by atoms with Crippen molar-refractivity contribution < 1.29 is 41.0 Å². The fraction of sp³-hybridized carbons (Fsp3) is 0.625. The summed E-state index contributed by atoms with van der Waals surface area (Å²) in [5, 5.41) is 7.93. The number of esters is 1. The fourth-order valence-electron chi connectivity index (χ4n) is 0.678. The highest BCUT2D eigenvalue weighted by Crippen LogP contribution is 2.45. The molecule has 0 radical (unpaired) electrons. The van der Waals surface area contributed by atoms with Crippen molar-refractivity contribution in [3.8, 4) is 0 Å². The molecular formula is C8H8F6O3. The van der Waals surface area contributed by atoms with E-state index in [0.717, 1.165) is 0 Å². The second kappa shape index (κ2) is 4.94. The van der Waals surface area contributed by atoms with Crippen LogP contribution in [0.2, 0.25) is 0 Å². The van der Waals surface area contributed by atoms with Gasteiger partial charge < -0.3 is 9.84 Å². The highest BCUT2D eigenvalue weighted by molar-refractivity contribution is 5.81. The zero-order chi connectivity index (χ0) is 13.9. The lowest BCUT2D eigenvalue weighted by Gasteiger charge is -2.31. The van der Waals surface area contributed by atoms with Gasteiger partial charge in [-0.1, -0.05) is 6.58 Å². The second-order valence-corrected chi connectivity index (χ2v) is 2.95. The Kier molecular flexibility index (Phi) is 4.58. The van der Waals surface area contributed by atoms with Crippen molar-refractivity contribution in [2.75, 3.05) is 13.2 Å². The molecule has 100 valence electrons. The maximum absolute atomic E-state index is 12.7. The van der Waals surface area contributed by atoms with Crippen LogP contribution in [0.25, 0.3) is 0 Å². The molecule has 0 atom stereocenters. The molecule has 0 aliphatic heterocycles. The van der Waals surface area contributed by atoms with E-state index >= 15 is 0 Å². The van der Waals surface area contributed by atoms with E-state index in [4.69, 9.17) is 5.11 Å². The quantitative estimate of drug-likeness (QED) is 0.451. The SMILES string of the molecule is C=CC(=O)OCC(F)(F)C(F)(F)C(F)(F)CO. The highest BCUT2D eigenvalue weighted by Gasteiger charge is 2.71. The monoisotopic (exact) mass is 266 g/mol. The summed E-state index contributed by atoms with van der Waals surface area (Å²) in [4.78, 5) is 10.3. The molecule has 3 nitrogen and oxygen atoms in total. The molecule has 0 heterocycles. The average Bonchev–Trinajstić information content (AvgIpc) is 2.25. The lowest BCUT2D eigenvalue weighted by molar-refractivity contribution is -0.323. The van der Waals surface area contributed by atoms with Crippen molar-refractivity contribution in [3.63, 3.8) is 0 Å². The van der Waals surface area contributed by atoms with Crippen LogP contribution >= 0.6 is 0 Å². The van der Waals surface area contributed by atoms with E-state index in [9.17, 15) is 31.1 Å². The van der Waals surface area contributed by atoms with Crippen LogP contribution in [-0.2, 0) is 9.53 Å². The minimum Gasteiger partial charge on any atom is -0.456 e. The Bertz CT molecular complexity index is 302. The maximum atomic E-state index is 12.7. The Morgan fingerprint density at radius 1 is 1.18 bits per heavy atom. The first-order valence-corrected chi connectivity index (χ1v) is 4.05. The smallest absolute Gasteiger partial charge is 0.377 e. The Labute approximate surface area is 91.7 Å². The summed E-state index contributed by atoms with van der Waals surface area (Å²) >= 11 is 0. The van der Waals surface area contributed by atoms with E-state index < -0.39 is 37.0 Å². The number of carbonyl (C=O) groups excluding carboxylic acids is 1. The number of aliphatic hydroxyl groups excluding tert-OH is 1. The molecule has 0 aromatic rings. The molecule has 0 saturated carbocycles. The average molecular weight is 266 g/mol. The molecule has 0 fully saturated rings. The Hall–Kier alpha value is -1.25. The molecule has 0 rings (SSSR count). The molecule has 0 aliphatic rings. The predicted molar refractivity (Wildman–Crippen MR) is 43.1 cm³/mol. The van der Waals surface area contributed by atoms with Crippen LogP contribution in [0.15, 0.2) is 12.7 Å².